The molecule has 4 saturated heterocycles. The molecule has 0 amide bonds. The number of hydrogen-bond acceptors (Lipinski definition) is 30. The van der Waals surface area contributed by atoms with E-state index in [1.54, 1.807) is 91.3 Å². The number of Topliss-reactive ketones (excluding diaryl/α,β-unsaturated/α-hetero) is 4. The van der Waals surface area contributed by atoms with Crippen LogP contribution < -0.4 is 82.1 Å². The van der Waals surface area contributed by atoms with E-state index in [9.17, 15) is 42.7 Å². The summed E-state index contributed by atoms with van der Waals surface area (Å²) in [6.07, 6.45) is 12.6. The van der Waals surface area contributed by atoms with Crippen molar-refractivity contribution in [1.82, 2.24) is 58.1 Å². The van der Waals surface area contributed by atoms with Crippen molar-refractivity contribution < 1.29 is 52.0 Å². The van der Waals surface area contributed by atoms with E-state index < -0.39 is 6.17 Å². The van der Waals surface area contributed by atoms with Crippen molar-refractivity contribution >= 4 is 183 Å². The number of aryl methyl sites for hydroxylation is 4. The highest BCUT2D eigenvalue weighted by atomic mass is 35.5. The highest BCUT2D eigenvalue weighted by Crippen LogP contribution is 2.35. The molecule has 12 heterocycles. The molecule has 4 aliphatic rings. The smallest absolute Gasteiger partial charge is 0.293 e. The number of ketones is 4. The van der Waals surface area contributed by atoms with Crippen LogP contribution in [-0.4, -0.2) is 193 Å². The molecule has 39 heteroatoms. The van der Waals surface area contributed by atoms with Gasteiger partial charge in [0.25, 0.3) is 22.2 Å². The van der Waals surface area contributed by atoms with Gasteiger partial charge < -0.3 is 87.6 Å². The number of benzene rings is 4. The van der Waals surface area contributed by atoms with E-state index in [-0.39, 0.29) is 94.8 Å². The Morgan fingerprint density at radius 3 is 0.879 bits per heavy atom. The maximum absolute atomic E-state index is 13.5. The van der Waals surface area contributed by atoms with Gasteiger partial charge in [-0.25, -0.2) is 24.3 Å². The van der Waals surface area contributed by atoms with Crippen molar-refractivity contribution in [3.63, 3.8) is 0 Å². The molecule has 4 N–H and O–H groups in total. The SMILES string of the molecule is CC.CC.CC.CCC.CCC(=O)COc1cc2cc(Nc3nc(N4CCC(F)CC4)ncc3Cl)ccc2n(C)c1=O.CCC(=O)COc1cc2cc(Nc3nc(N4CCCCC4)ncc3Cl)ccc2n(CC)c1=O.CCC(=O)COc1cc2cc(Nc3nc(N4CCOCC4)ncc3Cl)ccc2n(CC)c1=O.CCC(=O)COc1cc2cc(Nc3nc(N4CCOCC4)ncc3Cl)ccc2n(CC)c1=O. The summed E-state index contributed by atoms with van der Waals surface area (Å²) in [5.41, 5.74) is 4.90. The lowest BCUT2D eigenvalue weighted by Gasteiger charge is -2.28. The van der Waals surface area contributed by atoms with Crippen molar-refractivity contribution in [3.05, 3.63) is 183 Å². The summed E-state index contributed by atoms with van der Waals surface area (Å²) >= 11 is 25.4. The molecule has 4 aromatic carbocycles. The van der Waals surface area contributed by atoms with E-state index in [2.05, 4.69) is 79.9 Å². The minimum atomic E-state index is -0.784. The number of carbonyl (C=O) groups excluding carboxylic acids is 4. The minimum Gasteiger partial charge on any atom is -0.480 e. The van der Waals surface area contributed by atoms with Crippen LogP contribution in [-0.2, 0) is 55.3 Å². The molecule has 8 aromatic heterocycles. The summed E-state index contributed by atoms with van der Waals surface area (Å²) in [4.78, 5) is 142. The first-order valence-electron chi connectivity index (χ1n) is 48.5. The van der Waals surface area contributed by atoms with Crippen LogP contribution in [0, 0.1) is 0 Å². The Bertz CT molecular complexity index is 6010. The summed E-state index contributed by atoms with van der Waals surface area (Å²) < 4.78 is 52.7. The van der Waals surface area contributed by atoms with E-state index >= 15 is 0 Å². The molecule has 0 spiro atoms. The average molecular weight is 2020 g/mol. The Kier molecular flexibility index (Phi) is 45.0. The van der Waals surface area contributed by atoms with Gasteiger partial charge in [0.05, 0.1) is 73.3 Å². The largest absolute Gasteiger partial charge is 0.480 e. The number of fused-ring (bicyclic) bond motifs is 4. The van der Waals surface area contributed by atoms with Crippen LogP contribution in [0.15, 0.2) is 141 Å². The lowest BCUT2D eigenvalue weighted by Crippen LogP contribution is -2.37. The number of nitrogens with zero attached hydrogens (tertiary/aromatic N) is 16. The Balaban J connectivity index is 0.000000204. The lowest BCUT2D eigenvalue weighted by atomic mass is 10.1. The topological polar surface area (TPSA) is 376 Å². The molecular weight excluding hydrogens is 1890 g/mol. The van der Waals surface area contributed by atoms with Gasteiger partial charge in [0.2, 0.25) is 23.8 Å². The van der Waals surface area contributed by atoms with Crippen LogP contribution in [0.2, 0.25) is 20.1 Å². The summed E-state index contributed by atoms with van der Waals surface area (Å²) in [6, 6.07) is 29.0. The third kappa shape index (κ3) is 30.7. The van der Waals surface area contributed by atoms with E-state index in [0.717, 1.165) is 107 Å². The van der Waals surface area contributed by atoms with Gasteiger partial charge in [-0.1, -0.05) is 136 Å². The van der Waals surface area contributed by atoms with Crippen molar-refractivity contribution in [1.29, 1.82) is 0 Å². The van der Waals surface area contributed by atoms with E-state index in [1.165, 1.54) is 23.6 Å². The Hall–Kier alpha value is -12.7. The maximum Gasteiger partial charge on any atom is 0.293 e. The number of piperidine rings is 2. The fraction of sp³-hybridized carbons (Fsp3) is 0.451. The Labute approximate surface area is 841 Å². The number of ether oxygens (including phenoxy) is 6. The predicted octanol–water partition coefficient (Wildman–Crippen LogP) is 19.9. The van der Waals surface area contributed by atoms with E-state index in [1.807, 2.05) is 150 Å². The molecular formula is C102H131Cl4FN20O14. The zero-order valence-corrected chi connectivity index (χ0v) is 86.4. The van der Waals surface area contributed by atoms with Crippen LogP contribution >= 0.6 is 46.4 Å². The number of rotatable bonds is 31. The van der Waals surface area contributed by atoms with Gasteiger partial charge in [0, 0.05) is 149 Å². The average Bonchev–Trinajstić information content (AvgIpc) is 0.776. The summed E-state index contributed by atoms with van der Waals surface area (Å²) in [5.74, 6) is 4.56. The molecule has 141 heavy (non-hydrogen) atoms. The molecule has 4 aliphatic heterocycles. The van der Waals surface area contributed by atoms with Crippen LogP contribution in [0.3, 0.4) is 0 Å². The van der Waals surface area contributed by atoms with Crippen molar-refractivity contribution in [2.45, 2.75) is 194 Å². The second kappa shape index (κ2) is 56.7. The molecule has 16 rings (SSSR count). The first-order valence-corrected chi connectivity index (χ1v) is 50.0. The van der Waals surface area contributed by atoms with Crippen molar-refractivity contribution in [2.75, 3.05) is 146 Å². The zero-order chi connectivity index (χ0) is 102. The second-order valence-electron chi connectivity index (χ2n) is 31.9. The molecule has 4 fully saturated rings. The summed E-state index contributed by atoms with van der Waals surface area (Å²) in [5, 5.41) is 17.7. The molecule has 34 nitrogen and oxygen atoms in total. The third-order valence-corrected chi connectivity index (χ3v) is 23.5. The van der Waals surface area contributed by atoms with Crippen LogP contribution in [0.4, 0.5) is 74.2 Å². The lowest BCUT2D eigenvalue weighted by molar-refractivity contribution is -0.121. The number of aromatic nitrogens is 12. The van der Waals surface area contributed by atoms with Crippen LogP contribution in [0.5, 0.6) is 23.0 Å². The van der Waals surface area contributed by atoms with Crippen molar-refractivity contribution in [3.8, 4) is 23.0 Å². The first kappa shape index (κ1) is 112. The zero-order valence-electron chi connectivity index (χ0n) is 83.4. The standard InChI is InChI=1S/C24H28ClN5O3.C23H25ClFN5O3.2C23H26ClN5O4.C3H8.3C2H6/c1-3-18(31)15-33-21-13-16-12-17(8-9-20(16)30(4-2)23(21)32)27-22-19(25)14-26-24(28-22)29-10-6-5-7-11-29;1-3-17(31)13-33-20-11-14-10-16(4-5-19(14)29(2)22(20)32)27-21-18(24)12-26-23(28-21)30-8-6-15(25)7-9-30;2*1-3-17(30)14-33-20-12-15-11-16(5-6-19(15)29(4-2)22(20)31)26-21-18(24)13-25-23(27-21)28-7-9-32-10-8-28;1-3-2;3*1-2/h8-9,12-14H,3-7,10-11,15H2,1-2H3,(H,26,27,28);4-5,10-12,15H,3,6-9,13H2,1-2H3,(H,26,27,28);2*5-6,11-13H,3-4,7-10,14H2,1-2H3,(H,25,26,27);3H2,1-2H3;3*1-2H3. The summed E-state index contributed by atoms with van der Waals surface area (Å²) in [7, 11) is 1.65. The number of nitrogens with one attached hydrogen (secondary N) is 4. The number of pyridine rings is 4. The van der Waals surface area contributed by atoms with Gasteiger partial charge in [0.1, 0.15) is 52.7 Å². The van der Waals surface area contributed by atoms with Gasteiger partial charge in [-0.15, -0.1) is 0 Å². The number of anilines is 12. The van der Waals surface area contributed by atoms with Crippen LogP contribution in [0.25, 0.3) is 43.6 Å². The molecule has 0 bridgehead atoms. The fourth-order valence-corrected chi connectivity index (χ4v) is 15.4. The molecule has 0 aliphatic carbocycles. The highest BCUT2D eigenvalue weighted by Gasteiger charge is 2.26. The maximum atomic E-state index is 13.5. The van der Waals surface area contributed by atoms with Gasteiger partial charge in [0.15, 0.2) is 69.4 Å². The Morgan fingerprint density at radius 1 is 0.362 bits per heavy atom. The molecule has 0 atom stereocenters. The normalized spacial score (nSPS) is 13.4. The number of morpholine rings is 2. The van der Waals surface area contributed by atoms with E-state index in [4.69, 9.17) is 74.8 Å². The molecule has 0 radical (unpaired) electrons. The number of alkyl halides is 1. The number of hydrogen-bond donors (Lipinski definition) is 4. The number of halogens is 5. The number of carbonyl (C=O) groups is 4. The van der Waals surface area contributed by atoms with Crippen molar-refractivity contribution in [2.24, 2.45) is 7.05 Å². The van der Waals surface area contributed by atoms with Gasteiger partial charge in [-0.2, -0.15) is 19.9 Å². The Morgan fingerprint density at radius 2 is 0.610 bits per heavy atom. The van der Waals surface area contributed by atoms with Crippen LogP contribution in [0.1, 0.15) is 168 Å². The molecule has 12 aromatic rings. The minimum absolute atomic E-state index is 0.0594. The van der Waals surface area contributed by atoms with Gasteiger partial charge in [-0.3, -0.25) is 38.4 Å². The van der Waals surface area contributed by atoms with Gasteiger partial charge in [-0.05, 0) is 150 Å². The first-order chi connectivity index (χ1) is 68.2. The summed E-state index contributed by atoms with van der Waals surface area (Å²) in [6.45, 7) is 38.3. The molecule has 0 saturated carbocycles. The monoisotopic (exact) mass is 2020 g/mol. The quantitative estimate of drug-likeness (QED) is 0.0313. The molecule has 758 valence electrons. The van der Waals surface area contributed by atoms with Gasteiger partial charge >= 0.3 is 0 Å². The van der Waals surface area contributed by atoms with E-state index in [0.29, 0.717) is 176 Å². The predicted molar refractivity (Wildman–Crippen MR) is 564 cm³/mol. The fourth-order valence-electron chi connectivity index (χ4n) is 14.9. The highest BCUT2D eigenvalue weighted by molar-refractivity contribution is 6.34. The third-order valence-electron chi connectivity index (χ3n) is 22.4. The molecule has 0 unspecified atom stereocenters. The second-order valence-corrected chi connectivity index (χ2v) is 33.6.